The van der Waals surface area contributed by atoms with Crippen LogP contribution in [0, 0.1) is 6.07 Å². The normalized spacial score (nSPS) is 13.5. The second-order valence-electron chi connectivity index (χ2n) is 10.5. The van der Waals surface area contributed by atoms with Crippen molar-refractivity contribution in [2.75, 3.05) is 0 Å². The number of allylic oxidation sites excluding steroid dienone is 2. The van der Waals surface area contributed by atoms with E-state index in [9.17, 15) is 4.79 Å². The molecule has 5 aromatic rings. The molecule has 0 aliphatic heterocycles. The Morgan fingerprint density at radius 3 is 2.10 bits per heavy atom. The second kappa shape index (κ2) is 10.0. The number of ketones is 1. The first-order valence-corrected chi connectivity index (χ1v) is 12.8. The van der Waals surface area contributed by atoms with Gasteiger partial charge in [0.1, 0.15) is 0 Å². The molecule has 1 aromatic heterocycles. The molecule has 7 rings (SSSR count). The van der Waals surface area contributed by atoms with Crippen LogP contribution in [0.1, 0.15) is 38.8 Å². The summed E-state index contributed by atoms with van der Waals surface area (Å²) in [6.07, 6.45) is 1.17. The minimum Gasteiger partial charge on any atom is -0.512 e. The number of benzene rings is 4. The van der Waals surface area contributed by atoms with E-state index < -0.39 is 0 Å². The van der Waals surface area contributed by atoms with Crippen molar-refractivity contribution in [1.29, 1.82) is 0 Å². The number of rotatable bonds is 2. The molecule has 4 aromatic carbocycles. The third kappa shape index (κ3) is 4.44. The van der Waals surface area contributed by atoms with Gasteiger partial charge in [0, 0.05) is 31.6 Å². The summed E-state index contributed by atoms with van der Waals surface area (Å²) in [6, 6.07) is 34.2. The van der Waals surface area contributed by atoms with Gasteiger partial charge in [-0.05, 0) is 64.4 Å². The van der Waals surface area contributed by atoms with Crippen molar-refractivity contribution in [3.05, 3.63) is 114 Å². The number of hydrogen-bond acceptors (Lipinski definition) is 3. The molecule has 0 spiro atoms. The van der Waals surface area contributed by atoms with Crippen molar-refractivity contribution in [2.24, 2.45) is 0 Å². The average molecular weight is 687 g/mol. The number of fused-ring (bicyclic) bond motifs is 6. The zero-order valence-corrected chi connectivity index (χ0v) is 24.7. The molecule has 195 valence electrons. The van der Waals surface area contributed by atoms with Crippen LogP contribution in [-0.2, 0) is 30.3 Å². The van der Waals surface area contributed by atoms with Crippen molar-refractivity contribution in [2.45, 2.75) is 33.1 Å². The van der Waals surface area contributed by atoms with Crippen molar-refractivity contribution in [1.82, 2.24) is 4.98 Å². The first kappa shape index (κ1) is 26.7. The second-order valence-corrected chi connectivity index (χ2v) is 10.5. The van der Waals surface area contributed by atoms with Crippen LogP contribution in [-0.4, -0.2) is 15.9 Å². The maximum absolute atomic E-state index is 10.0. The van der Waals surface area contributed by atoms with E-state index in [2.05, 4.69) is 105 Å². The van der Waals surface area contributed by atoms with E-state index in [1.54, 1.807) is 0 Å². The predicted molar refractivity (Wildman–Crippen MR) is 155 cm³/mol. The standard InChI is InChI=1S/C30H20N.C5H8O2.Ir/c1-30(2)25-12-6-5-10-21(25)23-16-18(14-15-26(23)30)28-17-24-20-9-4-3-8-19(20)22-11-7-13-27(31-28)29(22)24;1-4(6)3-5(2)7;/h3-13,15-17H,1-2H3;3,6H,1-2H3;/q-1;;. The van der Waals surface area contributed by atoms with Crippen LogP contribution < -0.4 is 0 Å². The number of pyridine rings is 1. The fourth-order valence-electron chi connectivity index (χ4n) is 5.90. The van der Waals surface area contributed by atoms with Crippen LogP contribution >= 0.6 is 0 Å². The first-order chi connectivity index (χ1) is 18.3. The molecule has 2 aliphatic rings. The van der Waals surface area contributed by atoms with Gasteiger partial charge in [-0.15, -0.1) is 29.3 Å². The van der Waals surface area contributed by atoms with Crippen LogP contribution in [0.5, 0.6) is 0 Å². The molecule has 1 radical (unpaired) electrons. The van der Waals surface area contributed by atoms with E-state index in [4.69, 9.17) is 10.1 Å². The van der Waals surface area contributed by atoms with Gasteiger partial charge >= 0.3 is 0 Å². The molecule has 0 unspecified atom stereocenters. The van der Waals surface area contributed by atoms with E-state index in [0.717, 1.165) is 16.8 Å². The van der Waals surface area contributed by atoms with Crippen molar-refractivity contribution >= 4 is 16.7 Å². The number of aliphatic hydroxyl groups is 1. The van der Waals surface area contributed by atoms with Gasteiger partial charge in [-0.1, -0.05) is 86.1 Å². The summed E-state index contributed by atoms with van der Waals surface area (Å²) in [5.41, 5.74) is 13.6. The first-order valence-electron chi connectivity index (χ1n) is 12.8. The third-order valence-corrected chi connectivity index (χ3v) is 7.54. The van der Waals surface area contributed by atoms with Crippen molar-refractivity contribution in [3.63, 3.8) is 0 Å². The Balaban J connectivity index is 0.000000345. The molecule has 1 heterocycles. The Morgan fingerprint density at radius 2 is 1.44 bits per heavy atom. The fraction of sp³-hybridized carbons (Fsp3) is 0.143. The zero-order valence-electron chi connectivity index (χ0n) is 22.3. The Kier molecular flexibility index (Phi) is 6.88. The number of carbonyl (C=O) groups is 1. The van der Waals surface area contributed by atoms with Gasteiger partial charge in [0.05, 0.1) is 11.3 Å². The molecule has 0 bridgehead atoms. The average Bonchev–Trinajstić information content (AvgIpc) is 3.34. The van der Waals surface area contributed by atoms with Crippen LogP contribution in [0.4, 0.5) is 0 Å². The summed E-state index contributed by atoms with van der Waals surface area (Å²) >= 11 is 0. The number of carbonyl (C=O) groups excluding carboxylic acids is 1. The SMILES string of the molecule is CC(=O)C=C(C)O.CC1(C)c2c[c-]c(-c3cc4c5c(cccc5n3)-c3ccccc3-4)cc2-c2ccccc21.[Ir]. The molecule has 0 saturated carbocycles. The topological polar surface area (TPSA) is 50.2 Å². The van der Waals surface area contributed by atoms with Crippen LogP contribution in [0.2, 0.25) is 0 Å². The summed E-state index contributed by atoms with van der Waals surface area (Å²) < 4.78 is 0. The smallest absolute Gasteiger partial charge is 0.155 e. The number of nitrogens with zero attached hydrogens (tertiary/aromatic N) is 1. The van der Waals surface area contributed by atoms with Gasteiger partial charge in [0.2, 0.25) is 0 Å². The third-order valence-electron chi connectivity index (χ3n) is 7.54. The van der Waals surface area contributed by atoms with E-state index in [1.165, 1.54) is 69.8 Å². The number of hydrogen-bond donors (Lipinski definition) is 1. The van der Waals surface area contributed by atoms with Gasteiger partial charge in [0.15, 0.2) is 5.78 Å². The number of aromatic nitrogens is 1. The molecule has 2 aliphatic carbocycles. The Hall–Kier alpha value is -3.85. The maximum Gasteiger partial charge on any atom is 0.155 e. The molecular formula is C35H28IrNO2-. The van der Waals surface area contributed by atoms with Gasteiger partial charge < -0.3 is 5.11 Å². The van der Waals surface area contributed by atoms with Crippen molar-refractivity contribution < 1.29 is 30.0 Å². The quantitative estimate of drug-likeness (QED) is 0.113. The summed E-state index contributed by atoms with van der Waals surface area (Å²) in [4.78, 5) is 15.1. The van der Waals surface area contributed by atoms with E-state index in [1.807, 2.05) is 0 Å². The molecule has 3 nitrogen and oxygen atoms in total. The van der Waals surface area contributed by atoms with E-state index in [0.29, 0.717) is 0 Å². The minimum absolute atomic E-state index is 0. The molecule has 0 atom stereocenters. The molecule has 39 heavy (non-hydrogen) atoms. The monoisotopic (exact) mass is 687 g/mol. The van der Waals surface area contributed by atoms with Gasteiger partial charge in [-0.2, -0.15) is 0 Å². The van der Waals surface area contributed by atoms with Crippen LogP contribution in [0.25, 0.3) is 55.5 Å². The Labute approximate surface area is 242 Å². The Bertz CT molecular complexity index is 1790. The molecule has 4 heteroatoms. The van der Waals surface area contributed by atoms with E-state index in [-0.39, 0.29) is 37.1 Å². The fourth-order valence-corrected chi connectivity index (χ4v) is 5.90. The summed E-state index contributed by atoms with van der Waals surface area (Å²) in [6.45, 7) is 7.46. The molecular weight excluding hydrogens is 659 g/mol. The molecule has 0 saturated heterocycles. The summed E-state index contributed by atoms with van der Waals surface area (Å²) in [7, 11) is 0. The summed E-state index contributed by atoms with van der Waals surface area (Å²) in [5, 5.41) is 9.63. The minimum atomic E-state index is -0.125. The predicted octanol–water partition coefficient (Wildman–Crippen LogP) is 8.69. The molecule has 0 fully saturated rings. The van der Waals surface area contributed by atoms with Crippen LogP contribution in [0.3, 0.4) is 0 Å². The Morgan fingerprint density at radius 1 is 0.795 bits per heavy atom. The largest absolute Gasteiger partial charge is 0.512 e. The van der Waals surface area contributed by atoms with Gasteiger partial charge in [0.25, 0.3) is 0 Å². The number of aliphatic hydroxyl groups excluding tert-OH is 1. The van der Waals surface area contributed by atoms with E-state index >= 15 is 0 Å². The zero-order chi connectivity index (χ0) is 26.6. The molecule has 0 amide bonds. The van der Waals surface area contributed by atoms with Gasteiger partial charge in [-0.25, -0.2) is 0 Å². The summed E-state index contributed by atoms with van der Waals surface area (Å²) in [5.74, 6) is -0.0625. The van der Waals surface area contributed by atoms with Crippen LogP contribution in [0.15, 0.2) is 96.8 Å². The van der Waals surface area contributed by atoms with Crippen molar-refractivity contribution in [3.8, 4) is 44.6 Å². The van der Waals surface area contributed by atoms with Gasteiger partial charge in [-0.3, -0.25) is 9.78 Å². The maximum atomic E-state index is 10.0. The molecule has 1 N–H and O–H groups in total.